The Morgan fingerprint density at radius 2 is 1.86 bits per heavy atom. The first kappa shape index (κ1) is 14.8. The SMILES string of the molecule is CC(C)n1ccnc1C1CCN(C(=O)c2ccncc2)CC1. The molecule has 1 amide bonds. The van der Waals surface area contributed by atoms with Crippen molar-refractivity contribution in [3.63, 3.8) is 0 Å². The van der Waals surface area contributed by atoms with E-state index in [1.54, 1.807) is 24.5 Å². The number of carbonyl (C=O) groups excluding carboxylic acids is 1. The Bertz CT molecular complexity index is 627. The molecule has 2 aromatic rings. The Labute approximate surface area is 131 Å². The van der Waals surface area contributed by atoms with Crippen molar-refractivity contribution >= 4 is 5.91 Å². The lowest BCUT2D eigenvalue weighted by molar-refractivity contribution is 0.0710. The molecule has 1 aliphatic rings. The number of imidazole rings is 1. The summed E-state index contributed by atoms with van der Waals surface area (Å²) in [6.45, 7) is 5.92. The molecule has 1 saturated heterocycles. The number of pyridine rings is 1. The van der Waals surface area contributed by atoms with E-state index in [0.29, 0.717) is 12.0 Å². The topological polar surface area (TPSA) is 51.0 Å². The third kappa shape index (κ3) is 2.89. The van der Waals surface area contributed by atoms with Gasteiger partial charge in [0, 0.05) is 55.4 Å². The predicted octanol–water partition coefficient (Wildman–Crippen LogP) is 2.88. The lowest BCUT2D eigenvalue weighted by Crippen LogP contribution is -2.38. The normalized spacial score (nSPS) is 16.2. The second-order valence-corrected chi connectivity index (χ2v) is 6.09. The highest BCUT2D eigenvalue weighted by molar-refractivity contribution is 5.94. The molecule has 0 unspecified atom stereocenters. The van der Waals surface area contributed by atoms with Crippen LogP contribution in [0.2, 0.25) is 0 Å². The highest BCUT2D eigenvalue weighted by atomic mass is 16.2. The van der Waals surface area contributed by atoms with Crippen molar-refractivity contribution in [2.24, 2.45) is 0 Å². The average molecular weight is 298 g/mol. The zero-order valence-corrected chi connectivity index (χ0v) is 13.1. The van der Waals surface area contributed by atoms with Gasteiger partial charge in [0.05, 0.1) is 0 Å². The Hall–Kier alpha value is -2.17. The Balaban J connectivity index is 1.65. The smallest absolute Gasteiger partial charge is 0.253 e. The van der Waals surface area contributed by atoms with Gasteiger partial charge in [-0.1, -0.05) is 0 Å². The minimum atomic E-state index is 0.105. The fraction of sp³-hybridized carbons (Fsp3) is 0.471. The quantitative estimate of drug-likeness (QED) is 0.875. The van der Waals surface area contributed by atoms with Crippen LogP contribution in [0.25, 0.3) is 0 Å². The number of aromatic nitrogens is 3. The van der Waals surface area contributed by atoms with Gasteiger partial charge in [-0.3, -0.25) is 9.78 Å². The fourth-order valence-corrected chi connectivity index (χ4v) is 3.10. The van der Waals surface area contributed by atoms with Crippen LogP contribution in [0.15, 0.2) is 36.9 Å². The van der Waals surface area contributed by atoms with Crippen molar-refractivity contribution in [1.82, 2.24) is 19.4 Å². The highest BCUT2D eigenvalue weighted by Gasteiger charge is 2.27. The van der Waals surface area contributed by atoms with Gasteiger partial charge in [-0.05, 0) is 38.8 Å². The number of nitrogens with zero attached hydrogens (tertiary/aromatic N) is 4. The van der Waals surface area contributed by atoms with E-state index in [0.717, 1.165) is 37.3 Å². The van der Waals surface area contributed by atoms with Crippen LogP contribution < -0.4 is 0 Å². The first-order chi connectivity index (χ1) is 10.7. The molecule has 1 aliphatic heterocycles. The van der Waals surface area contributed by atoms with Crippen LogP contribution in [0.3, 0.4) is 0 Å². The van der Waals surface area contributed by atoms with E-state index >= 15 is 0 Å². The van der Waals surface area contributed by atoms with Crippen molar-refractivity contribution in [2.75, 3.05) is 13.1 Å². The summed E-state index contributed by atoms with van der Waals surface area (Å²) in [5.74, 6) is 1.71. The summed E-state index contributed by atoms with van der Waals surface area (Å²) in [5, 5.41) is 0. The molecule has 0 N–H and O–H groups in total. The van der Waals surface area contributed by atoms with Gasteiger partial charge in [0.2, 0.25) is 0 Å². The highest BCUT2D eigenvalue weighted by Crippen LogP contribution is 2.29. The number of rotatable bonds is 3. The minimum Gasteiger partial charge on any atom is -0.339 e. The van der Waals surface area contributed by atoms with Crippen LogP contribution in [-0.4, -0.2) is 38.4 Å². The van der Waals surface area contributed by atoms with Crippen LogP contribution >= 0.6 is 0 Å². The van der Waals surface area contributed by atoms with Gasteiger partial charge in [-0.2, -0.15) is 0 Å². The molecule has 3 rings (SSSR count). The van der Waals surface area contributed by atoms with Gasteiger partial charge in [0.15, 0.2) is 0 Å². The average Bonchev–Trinajstić information content (AvgIpc) is 3.05. The number of piperidine rings is 1. The summed E-state index contributed by atoms with van der Waals surface area (Å²) in [7, 11) is 0. The minimum absolute atomic E-state index is 0.105. The van der Waals surface area contributed by atoms with Gasteiger partial charge >= 0.3 is 0 Å². The zero-order valence-electron chi connectivity index (χ0n) is 13.1. The number of amides is 1. The summed E-state index contributed by atoms with van der Waals surface area (Å²) in [4.78, 5) is 22.9. The Morgan fingerprint density at radius 3 is 2.50 bits per heavy atom. The van der Waals surface area contributed by atoms with Gasteiger partial charge in [-0.15, -0.1) is 0 Å². The lowest BCUT2D eigenvalue weighted by atomic mass is 9.95. The summed E-state index contributed by atoms with van der Waals surface area (Å²) in [6, 6.07) is 3.98. The number of hydrogen-bond donors (Lipinski definition) is 0. The van der Waals surface area contributed by atoms with E-state index in [4.69, 9.17) is 0 Å². The molecule has 0 aromatic carbocycles. The maximum absolute atomic E-state index is 12.4. The summed E-state index contributed by atoms with van der Waals surface area (Å²) < 4.78 is 2.24. The molecule has 0 spiro atoms. The molecule has 2 aromatic heterocycles. The first-order valence-corrected chi connectivity index (χ1v) is 7.89. The monoisotopic (exact) mass is 298 g/mol. The van der Waals surface area contributed by atoms with E-state index in [2.05, 4.69) is 34.6 Å². The molecule has 0 radical (unpaired) electrons. The largest absolute Gasteiger partial charge is 0.339 e. The van der Waals surface area contributed by atoms with E-state index < -0.39 is 0 Å². The van der Waals surface area contributed by atoms with Crippen molar-refractivity contribution in [2.45, 2.75) is 38.6 Å². The first-order valence-electron chi connectivity index (χ1n) is 7.89. The molecule has 0 atom stereocenters. The molecule has 0 aliphatic carbocycles. The van der Waals surface area contributed by atoms with Crippen molar-refractivity contribution in [3.05, 3.63) is 48.3 Å². The number of carbonyl (C=O) groups is 1. The predicted molar refractivity (Wildman–Crippen MR) is 84.7 cm³/mol. The second kappa shape index (κ2) is 6.30. The zero-order chi connectivity index (χ0) is 15.5. The third-order valence-corrected chi connectivity index (χ3v) is 4.33. The Morgan fingerprint density at radius 1 is 1.18 bits per heavy atom. The number of likely N-dealkylation sites (tertiary alicyclic amines) is 1. The third-order valence-electron chi connectivity index (χ3n) is 4.33. The maximum Gasteiger partial charge on any atom is 0.253 e. The van der Waals surface area contributed by atoms with Gasteiger partial charge in [0.1, 0.15) is 5.82 Å². The molecule has 3 heterocycles. The molecule has 0 saturated carbocycles. The lowest BCUT2D eigenvalue weighted by Gasteiger charge is -2.32. The van der Waals surface area contributed by atoms with Crippen LogP contribution in [0.1, 0.15) is 54.8 Å². The Kier molecular flexibility index (Phi) is 4.22. The van der Waals surface area contributed by atoms with Crippen LogP contribution in [0.4, 0.5) is 0 Å². The standard InChI is InChI=1S/C17H22N4O/c1-13(2)21-12-9-19-16(21)14-5-10-20(11-6-14)17(22)15-3-7-18-8-4-15/h3-4,7-9,12-14H,5-6,10-11H2,1-2H3. The molecule has 0 bridgehead atoms. The van der Waals surface area contributed by atoms with Gasteiger partial charge in [-0.25, -0.2) is 4.98 Å². The van der Waals surface area contributed by atoms with E-state index in [9.17, 15) is 4.79 Å². The molecule has 22 heavy (non-hydrogen) atoms. The summed E-state index contributed by atoms with van der Waals surface area (Å²) in [6.07, 6.45) is 9.21. The molecule has 5 nitrogen and oxygen atoms in total. The molecule has 1 fully saturated rings. The molecule has 5 heteroatoms. The second-order valence-electron chi connectivity index (χ2n) is 6.09. The summed E-state index contributed by atoms with van der Waals surface area (Å²) >= 11 is 0. The van der Waals surface area contributed by atoms with E-state index in [1.807, 2.05) is 11.1 Å². The fourth-order valence-electron chi connectivity index (χ4n) is 3.10. The molecular formula is C17H22N4O. The molecular weight excluding hydrogens is 276 g/mol. The van der Waals surface area contributed by atoms with Crippen molar-refractivity contribution < 1.29 is 4.79 Å². The van der Waals surface area contributed by atoms with E-state index in [1.165, 1.54) is 0 Å². The van der Waals surface area contributed by atoms with Gasteiger partial charge in [0.25, 0.3) is 5.91 Å². The maximum atomic E-state index is 12.4. The summed E-state index contributed by atoms with van der Waals surface area (Å²) in [5.41, 5.74) is 0.720. The molecule has 116 valence electrons. The van der Waals surface area contributed by atoms with Crippen LogP contribution in [-0.2, 0) is 0 Å². The van der Waals surface area contributed by atoms with Crippen LogP contribution in [0.5, 0.6) is 0 Å². The van der Waals surface area contributed by atoms with E-state index in [-0.39, 0.29) is 5.91 Å². The number of hydrogen-bond acceptors (Lipinski definition) is 3. The van der Waals surface area contributed by atoms with Crippen LogP contribution in [0, 0.1) is 0 Å². The van der Waals surface area contributed by atoms with Crippen molar-refractivity contribution in [3.8, 4) is 0 Å². The van der Waals surface area contributed by atoms with Crippen molar-refractivity contribution in [1.29, 1.82) is 0 Å². The van der Waals surface area contributed by atoms with Gasteiger partial charge < -0.3 is 9.47 Å².